The van der Waals surface area contributed by atoms with Crippen molar-refractivity contribution in [2.24, 2.45) is 0 Å². The topological polar surface area (TPSA) is 17.1 Å². The van der Waals surface area contributed by atoms with Gasteiger partial charge < -0.3 is 0 Å². The third-order valence-electron chi connectivity index (χ3n) is 11.5. The summed E-state index contributed by atoms with van der Waals surface area (Å²) >= 11 is 0. The van der Waals surface area contributed by atoms with E-state index in [-0.39, 0.29) is 0 Å². The fourth-order valence-electron chi connectivity index (χ4n) is 7.76. The molecule has 53 heavy (non-hydrogen) atoms. The Hall–Kier alpha value is -1.11. The van der Waals surface area contributed by atoms with Gasteiger partial charge in [-0.3, -0.25) is 4.79 Å². The molecule has 0 aromatic rings. The van der Waals surface area contributed by atoms with Crippen LogP contribution in [0.2, 0.25) is 0 Å². The molecule has 0 amide bonds. The van der Waals surface area contributed by atoms with Crippen LogP contribution in [0.4, 0.5) is 0 Å². The van der Waals surface area contributed by atoms with Crippen molar-refractivity contribution in [2.75, 3.05) is 0 Å². The standard InChI is InChI=1S/C52H98O/c1-3-5-7-9-11-13-15-17-19-21-23-25-27-28-30-32-34-36-38-40-42-44-46-48-50-52(51-53)49-47-45-43-41-39-37-35-33-31-29-26-24-22-20-18-16-14-12-10-8-6-4-2/h17-20,50-51H,3-16,21-49H2,1-2H3/b19-17-,20-18-,52-50-. The van der Waals surface area contributed by atoms with Crippen LogP contribution in [0.3, 0.4) is 0 Å². The average Bonchev–Trinajstić information content (AvgIpc) is 3.17. The Morgan fingerprint density at radius 1 is 0.283 bits per heavy atom. The van der Waals surface area contributed by atoms with Crippen LogP contribution in [-0.2, 0) is 4.79 Å². The molecule has 0 heterocycles. The lowest BCUT2D eigenvalue weighted by Gasteiger charge is -2.04. The predicted molar refractivity (Wildman–Crippen MR) is 242 cm³/mol. The van der Waals surface area contributed by atoms with Gasteiger partial charge in [-0.1, -0.05) is 243 Å². The molecule has 0 N–H and O–H groups in total. The van der Waals surface area contributed by atoms with E-state index in [4.69, 9.17) is 0 Å². The molecule has 0 bridgehead atoms. The van der Waals surface area contributed by atoms with Crippen LogP contribution in [-0.4, -0.2) is 6.29 Å². The maximum Gasteiger partial charge on any atom is 0.145 e. The van der Waals surface area contributed by atoms with Crippen molar-refractivity contribution < 1.29 is 4.79 Å². The molecule has 1 nitrogen and oxygen atoms in total. The molecule has 0 atom stereocenters. The number of allylic oxidation sites excluding steroid dienone is 6. The first-order chi connectivity index (χ1) is 26.3. The van der Waals surface area contributed by atoms with Crippen molar-refractivity contribution in [3.8, 4) is 0 Å². The van der Waals surface area contributed by atoms with Crippen LogP contribution < -0.4 is 0 Å². The van der Waals surface area contributed by atoms with Crippen LogP contribution in [0.15, 0.2) is 36.0 Å². The molecule has 312 valence electrons. The molecular weight excluding hydrogens is 641 g/mol. The van der Waals surface area contributed by atoms with E-state index in [1.807, 2.05) is 0 Å². The van der Waals surface area contributed by atoms with Gasteiger partial charge in [0.05, 0.1) is 0 Å². The van der Waals surface area contributed by atoms with Gasteiger partial charge in [0.25, 0.3) is 0 Å². The van der Waals surface area contributed by atoms with E-state index in [2.05, 4.69) is 44.2 Å². The highest BCUT2D eigenvalue weighted by atomic mass is 16.1. The highest BCUT2D eigenvalue weighted by Gasteiger charge is 1.99. The van der Waals surface area contributed by atoms with Gasteiger partial charge in [0.2, 0.25) is 0 Å². The number of aldehydes is 1. The van der Waals surface area contributed by atoms with E-state index >= 15 is 0 Å². The van der Waals surface area contributed by atoms with E-state index in [0.717, 1.165) is 24.7 Å². The summed E-state index contributed by atoms with van der Waals surface area (Å²) in [5.41, 5.74) is 1.06. The third kappa shape index (κ3) is 47.0. The van der Waals surface area contributed by atoms with Crippen LogP contribution in [0.1, 0.15) is 290 Å². The van der Waals surface area contributed by atoms with Gasteiger partial charge in [0.15, 0.2) is 0 Å². The molecule has 0 rings (SSSR count). The van der Waals surface area contributed by atoms with Crippen LogP contribution in [0.25, 0.3) is 0 Å². The number of hydrogen-bond acceptors (Lipinski definition) is 1. The second-order valence-corrected chi connectivity index (χ2v) is 16.9. The monoisotopic (exact) mass is 739 g/mol. The molecule has 0 saturated heterocycles. The first-order valence-corrected chi connectivity index (χ1v) is 24.8. The molecule has 0 aliphatic carbocycles. The molecule has 0 radical (unpaired) electrons. The molecule has 0 unspecified atom stereocenters. The Morgan fingerprint density at radius 2 is 0.509 bits per heavy atom. The summed E-state index contributed by atoms with van der Waals surface area (Å²) in [4.78, 5) is 11.5. The normalized spacial score (nSPS) is 12.2. The minimum atomic E-state index is 0.995. The fourth-order valence-corrected chi connectivity index (χ4v) is 7.76. The Morgan fingerprint density at radius 3 is 0.774 bits per heavy atom. The number of carbonyl (C=O) groups is 1. The van der Waals surface area contributed by atoms with Crippen LogP contribution in [0.5, 0.6) is 0 Å². The minimum absolute atomic E-state index is 0.995. The Balaban J connectivity index is 3.33. The van der Waals surface area contributed by atoms with E-state index in [9.17, 15) is 4.79 Å². The maximum atomic E-state index is 11.5. The number of rotatable bonds is 46. The number of carbonyl (C=O) groups excluding carboxylic acids is 1. The summed E-state index contributed by atoms with van der Waals surface area (Å²) in [5, 5.41) is 0. The lowest BCUT2D eigenvalue weighted by Crippen LogP contribution is -1.88. The lowest BCUT2D eigenvalue weighted by atomic mass is 10.0. The van der Waals surface area contributed by atoms with Gasteiger partial charge in [-0.2, -0.15) is 0 Å². The van der Waals surface area contributed by atoms with Crippen LogP contribution in [0, 0.1) is 0 Å². The molecule has 0 saturated carbocycles. The zero-order chi connectivity index (χ0) is 38.2. The number of unbranched alkanes of at least 4 members (excludes halogenated alkanes) is 38. The molecule has 1 heteroatoms. The van der Waals surface area contributed by atoms with Gasteiger partial charge >= 0.3 is 0 Å². The van der Waals surface area contributed by atoms with Crippen molar-refractivity contribution in [2.45, 2.75) is 290 Å². The van der Waals surface area contributed by atoms with Gasteiger partial charge in [0, 0.05) is 0 Å². The van der Waals surface area contributed by atoms with E-state index in [1.165, 1.54) is 263 Å². The SMILES string of the molecule is CCCCCCCC/C=C\CCCCCCCCCCCCCCC/C=C(\C=O)CCCCCCCCCCCCCC/C=C\CCCCCCCC. The van der Waals surface area contributed by atoms with Gasteiger partial charge in [-0.25, -0.2) is 0 Å². The summed E-state index contributed by atoms with van der Waals surface area (Å²) in [6.45, 7) is 4.59. The summed E-state index contributed by atoms with van der Waals surface area (Å²) in [6.07, 6.45) is 72.0. The van der Waals surface area contributed by atoms with Crippen molar-refractivity contribution >= 4 is 6.29 Å². The molecule has 0 aromatic heterocycles. The predicted octanol–water partition coefficient (Wildman–Crippen LogP) is 19.0. The smallest absolute Gasteiger partial charge is 0.145 e. The van der Waals surface area contributed by atoms with Gasteiger partial charge in [0.1, 0.15) is 6.29 Å². The highest BCUT2D eigenvalue weighted by molar-refractivity contribution is 5.72. The van der Waals surface area contributed by atoms with Crippen molar-refractivity contribution in [3.63, 3.8) is 0 Å². The molecule has 0 fully saturated rings. The Kier molecular flexibility index (Phi) is 47.9. The largest absolute Gasteiger partial charge is 0.298 e. The van der Waals surface area contributed by atoms with Crippen molar-refractivity contribution in [1.29, 1.82) is 0 Å². The molecule has 0 spiro atoms. The second kappa shape index (κ2) is 48.9. The van der Waals surface area contributed by atoms with E-state index < -0.39 is 0 Å². The Bertz CT molecular complexity index is 759. The molecule has 0 aromatic carbocycles. The zero-order valence-corrected chi connectivity index (χ0v) is 36.8. The lowest BCUT2D eigenvalue weighted by molar-refractivity contribution is -0.105. The first kappa shape index (κ1) is 51.9. The average molecular weight is 739 g/mol. The fraction of sp³-hybridized carbons (Fsp3) is 0.865. The summed E-state index contributed by atoms with van der Waals surface area (Å²) < 4.78 is 0. The summed E-state index contributed by atoms with van der Waals surface area (Å²) in [6, 6.07) is 0. The Labute approximate surface area is 335 Å². The zero-order valence-electron chi connectivity index (χ0n) is 36.8. The van der Waals surface area contributed by atoms with Gasteiger partial charge in [-0.05, 0) is 82.6 Å². The second-order valence-electron chi connectivity index (χ2n) is 16.9. The van der Waals surface area contributed by atoms with E-state index in [1.54, 1.807) is 0 Å². The third-order valence-corrected chi connectivity index (χ3v) is 11.5. The van der Waals surface area contributed by atoms with E-state index in [0.29, 0.717) is 0 Å². The van der Waals surface area contributed by atoms with Crippen molar-refractivity contribution in [3.05, 3.63) is 36.0 Å². The van der Waals surface area contributed by atoms with Crippen LogP contribution >= 0.6 is 0 Å². The maximum absolute atomic E-state index is 11.5. The van der Waals surface area contributed by atoms with Crippen molar-refractivity contribution in [1.82, 2.24) is 0 Å². The molecule has 0 aliphatic rings. The summed E-state index contributed by atoms with van der Waals surface area (Å²) in [5.74, 6) is 0. The van der Waals surface area contributed by atoms with Gasteiger partial charge in [-0.15, -0.1) is 0 Å². The molecule has 0 aliphatic heterocycles. The number of hydrogen-bond donors (Lipinski definition) is 0. The first-order valence-electron chi connectivity index (χ1n) is 24.8. The summed E-state index contributed by atoms with van der Waals surface area (Å²) in [7, 11) is 0. The molecular formula is C52H98O. The quantitative estimate of drug-likeness (QED) is 0.0263. The highest BCUT2D eigenvalue weighted by Crippen LogP contribution is 2.17. The minimum Gasteiger partial charge on any atom is -0.298 e.